The summed E-state index contributed by atoms with van der Waals surface area (Å²) in [5, 5.41) is 11.2. The van der Waals surface area contributed by atoms with Gasteiger partial charge < -0.3 is 4.90 Å². The van der Waals surface area contributed by atoms with Crippen molar-refractivity contribution in [1.82, 2.24) is 4.90 Å². The van der Waals surface area contributed by atoms with Crippen LogP contribution in [0.5, 0.6) is 0 Å². The molecular formula is C16H14BrClN2O3. The van der Waals surface area contributed by atoms with Gasteiger partial charge in [-0.2, -0.15) is 0 Å². The van der Waals surface area contributed by atoms with Crippen LogP contribution in [0.3, 0.4) is 0 Å². The van der Waals surface area contributed by atoms with E-state index in [0.29, 0.717) is 10.6 Å². The Kier molecular flexibility index (Phi) is 5.74. The normalized spacial score (nSPS) is 10.4. The summed E-state index contributed by atoms with van der Waals surface area (Å²) in [6, 6.07) is 11.7. The molecule has 0 fully saturated rings. The Balaban J connectivity index is 2.07. The van der Waals surface area contributed by atoms with E-state index in [4.69, 9.17) is 11.6 Å². The number of rotatable bonds is 5. The predicted molar refractivity (Wildman–Crippen MR) is 92.4 cm³/mol. The Morgan fingerprint density at radius 3 is 2.52 bits per heavy atom. The van der Waals surface area contributed by atoms with Crippen LogP contribution in [0, 0.1) is 10.1 Å². The van der Waals surface area contributed by atoms with Crippen LogP contribution in [-0.2, 0) is 17.8 Å². The van der Waals surface area contributed by atoms with Gasteiger partial charge in [0.1, 0.15) is 0 Å². The predicted octanol–water partition coefficient (Wildman–Crippen LogP) is 4.21. The number of non-ortho nitro benzene ring substituents is 1. The van der Waals surface area contributed by atoms with Gasteiger partial charge >= 0.3 is 0 Å². The first-order valence-electron chi connectivity index (χ1n) is 6.78. The van der Waals surface area contributed by atoms with Crippen molar-refractivity contribution in [1.29, 1.82) is 0 Å². The first kappa shape index (κ1) is 17.4. The van der Waals surface area contributed by atoms with E-state index in [-0.39, 0.29) is 24.6 Å². The molecule has 120 valence electrons. The number of halogens is 2. The van der Waals surface area contributed by atoms with E-state index < -0.39 is 4.92 Å². The molecule has 0 saturated carbocycles. The van der Waals surface area contributed by atoms with Crippen molar-refractivity contribution < 1.29 is 9.72 Å². The number of hydrogen-bond donors (Lipinski definition) is 0. The molecule has 0 aliphatic heterocycles. The summed E-state index contributed by atoms with van der Waals surface area (Å²) in [4.78, 5) is 24.1. The van der Waals surface area contributed by atoms with Crippen molar-refractivity contribution in [2.45, 2.75) is 13.0 Å². The van der Waals surface area contributed by atoms with Crippen molar-refractivity contribution in [3.05, 3.63) is 73.2 Å². The molecule has 0 aromatic heterocycles. The molecule has 2 aromatic rings. The fourth-order valence-corrected chi connectivity index (χ4v) is 2.49. The lowest BCUT2D eigenvalue weighted by Crippen LogP contribution is -2.27. The maximum atomic E-state index is 12.3. The average molecular weight is 398 g/mol. The second kappa shape index (κ2) is 7.57. The Morgan fingerprint density at radius 2 is 1.91 bits per heavy atom. The molecule has 0 radical (unpaired) electrons. The number of nitro benzene ring substituents is 1. The number of hydrogen-bond acceptors (Lipinski definition) is 3. The Bertz CT molecular complexity index is 735. The standard InChI is InChI=1S/C16H14BrClN2O3/c1-19(16(21)8-11-2-4-13(17)5-3-11)10-12-9-14(20(22)23)6-7-15(12)18/h2-7,9H,8,10H2,1H3. The highest BCUT2D eigenvalue weighted by Crippen LogP contribution is 2.23. The van der Waals surface area contributed by atoms with Crippen molar-refractivity contribution in [2.24, 2.45) is 0 Å². The molecule has 0 bridgehead atoms. The van der Waals surface area contributed by atoms with Crippen molar-refractivity contribution in [3.63, 3.8) is 0 Å². The van der Waals surface area contributed by atoms with Crippen LogP contribution in [0.4, 0.5) is 5.69 Å². The smallest absolute Gasteiger partial charge is 0.269 e. The lowest BCUT2D eigenvalue weighted by atomic mass is 10.1. The van der Waals surface area contributed by atoms with Crippen LogP contribution in [0.25, 0.3) is 0 Å². The first-order valence-corrected chi connectivity index (χ1v) is 7.95. The molecule has 0 saturated heterocycles. The fraction of sp³-hybridized carbons (Fsp3) is 0.188. The van der Waals surface area contributed by atoms with Gasteiger partial charge in [0, 0.05) is 35.2 Å². The lowest BCUT2D eigenvalue weighted by molar-refractivity contribution is -0.384. The van der Waals surface area contributed by atoms with Crippen LogP contribution in [-0.4, -0.2) is 22.8 Å². The molecule has 2 rings (SSSR count). The molecule has 0 aliphatic carbocycles. The van der Waals surface area contributed by atoms with Crippen LogP contribution < -0.4 is 0 Å². The third-order valence-electron chi connectivity index (χ3n) is 3.34. The highest BCUT2D eigenvalue weighted by atomic mass is 79.9. The zero-order valence-corrected chi connectivity index (χ0v) is 14.7. The minimum absolute atomic E-state index is 0.0434. The molecule has 0 N–H and O–H groups in total. The zero-order valence-electron chi connectivity index (χ0n) is 12.3. The van der Waals surface area contributed by atoms with Gasteiger partial charge in [-0.3, -0.25) is 14.9 Å². The highest BCUT2D eigenvalue weighted by molar-refractivity contribution is 9.10. The van der Waals surface area contributed by atoms with E-state index in [1.807, 2.05) is 24.3 Å². The zero-order chi connectivity index (χ0) is 17.0. The molecule has 0 unspecified atom stereocenters. The van der Waals surface area contributed by atoms with Gasteiger partial charge in [-0.05, 0) is 29.3 Å². The summed E-state index contributed by atoms with van der Waals surface area (Å²) in [5.41, 5.74) is 1.40. The van der Waals surface area contributed by atoms with Gasteiger partial charge in [-0.15, -0.1) is 0 Å². The molecule has 0 heterocycles. The van der Waals surface area contributed by atoms with E-state index in [0.717, 1.165) is 10.0 Å². The lowest BCUT2D eigenvalue weighted by Gasteiger charge is -2.18. The quantitative estimate of drug-likeness (QED) is 0.561. The summed E-state index contributed by atoms with van der Waals surface area (Å²) >= 11 is 9.41. The van der Waals surface area contributed by atoms with E-state index in [1.165, 1.54) is 23.1 Å². The summed E-state index contributed by atoms with van der Waals surface area (Å²) in [6.45, 7) is 0.218. The van der Waals surface area contributed by atoms with Crippen molar-refractivity contribution >= 4 is 39.1 Å². The molecular weight excluding hydrogens is 384 g/mol. The van der Waals surface area contributed by atoms with Crippen LogP contribution in [0.15, 0.2) is 46.9 Å². The number of benzene rings is 2. The molecule has 2 aromatic carbocycles. The Hall–Kier alpha value is -1.92. The molecule has 0 atom stereocenters. The number of amides is 1. The topological polar surface area (TPSA) is 63.4 Å². The maximum Gasteiger partial charge on any atom is 0.269 e. The van der Waals surface area contributed by atoms with Crippen LogP contribution >= 0.6 is 27.5 Å². The van der Waals surface area contributed by atoms with Crippen molar-refractivity contribution in [2.75, 3.05) is 7.05 Å². The molecule has 5 nitrogen and oxygen atoms in total. The van der Waals surface area contributed by atoms with E-state index in [2.05, 4.69) is 15.9 Å². The monoisotopic (exact) mass is 396 g/mol. The van der Waals surface area contributed by atoms with Crippen LogP contribution in [0.1, 0.15) is 11.1 Å². The van der Waals surface area contributed by atoms with Gasteiger partial charge in [0.15, 0.2) is 0 Å². The molecule has 1 amide bonds. The molecule has 23 heavy (non-hydrogen) atoms. The average Bonchev–Trinajstić information content (AvgIpc) is 2.51. The third kappa shape index (κ3) is 4.77. The largest absolute Gasteiger partial charge is 0.341 e. The number of carbonyl (C=O) groups is 1. The number of likely N-dealkylation sites (N-methyl/N-ethyl adjacent to an activating group) is 1. The second-order valence-electron chi connectivity index (χ2n) is 5.09. The van der Waals surface area contributed by atoms with Gasteiger partial charge in [0.05, 0.1) is 11.3 Å². The molecule has 0 aliphatic rings. The van der Waals surface area contributed by atoms with Gasteiger partial charge in [-0.1, -0.05) is 39.7 Å². The summed E-state index contributed by atoms with van der Waals surface area (Å²) in [6.07, 6.45) is 0.260. The molecule has 0 spiro atoms. The van der Waals surface area contributed by atoms with E-state index in [9.17, 15) is 14.9 Å². The van der Waals surface area contributed by atoms with E-state index >= 15 is 0 Å². The highest BCUT2D eigenvalue weighted by Gasteiger charge is 2.15. The molecule has 7 heteroatoms. The summed E-state index contributed by atoms with van der Waals surface area (Å²) in [5.74, 6) is -0.0881. The van der Waals surface area contributed by atoms with Crippen molar-refractivity contribution in [3.8, 4) is 0 Å². The minimum Gasteiger partial charge on any atom is -0.341 e. The Labute approximate surface area is 147 Å². The van der Waals surface area contributed by atoms with E-state index in [1.54, 1.807) is 7.05 Å². The summed E-state index contributed by atoms with van der Waals surface area (Å²) < 4.78 is 0.949. The SMILES string of the molecule is CN(Cc1cc([N+](=O)[O-])ccc1Cl)C(=O)Cc1ccc(Br)cc1. The maximum absolute atomic E-state index is 12.3. The van der Waals surface area contributed by atoms with Gasteiger partial charge in [-0.25, -0.2) is 0 Å². The third-order valence-corrected chi connectivity index (χ3v) is 4.24. The second-order valence-corrected chi connectivity index (χ2v) is 6.41. The number of nitro groups is 1. The number of nitrogens with zero attached hydrogens (tertiary/aromatic N) is 2. The minimum atomic E-state index is -0.483. The summed E-state index contributed by atoms with van der Waals surface area (Å²) in [7, 11) is 1.65. The van der Waals surface area contributed by atoms with Crippen LogP contribution in [0.2, 0.25) is 5.02 Å². The fourth-order valence-electron chi connectivity index (χ4n) is 2.05. The number of carbonyl (C=O) groups excluding carboxylic acids is 1. The van der Waals surface area contributed by atoms with Gasteiger partial charge in [0.2, 0.25) is 5.91 Å². The Morgan fingerprint density at radius 1 is 1.26 bits per heavy atom. The first-order chi connectivity index (χ1) is 10.9. The van der Waals surface area contributed by atoms with Gasteiger partial charge in [0.25, 0.3) is 5.69 Å².